The number of urea groups is 1. The minimum Gasteiger partial charge on any atom is -0.508 e. The van der Waals surface area contributed by atoms with Gasteiger partial charge in [-0.05, 0) is 40.6 Å². The second kappa shape index (κ2) is 12.6. The van der Waals surface area contributed by atoms with E-state index >= 15 is 0 Å². The molecule has 5 rings (SSSR count). The van der Waals surface area contributed by atoms with E-state index < -0.39 is 63.9 Å². The Labute approximate surface area is 261 Å². The lowest BCUT2D eigenvalue weighted by Crippen LogP contribution is -2.74. The summed E-state index contributed by atoms with van der Waals surface area (Å²) in [6.07, 6.45) is 0. The van der Waals surface area contributed by atoms with Gasteiger partial charge in [0.2, 0.25) is 11.1 Å². The van der Waals surface area contributed by atoms with Gasteiger partial charge < -0.3 is 25.7 Å². The van der Waals surface area contributed by atoms with Gasteiger partial charge in [0.05, 0.1) is 16.6 Å². The second-order valence-corrected chi connectivity index (χ2v) is 12.5. The highest BCUT2D eigenvalue weighted by Gasteiger charge is 2.57. The number of aryl methyl sites for hydroxylation is 1. The molecule has 1 aromatic carbocycles. The quantitative estimate of drug-likeness (QED) is 0.128. The van der Waals surface area contributed by atoms with Gasteiger partial charge in [0, 0.05) is 32.4 Å². The van der Waals surface area contributed by atoms with Crippen molar-refractivity contribution in [1.82, 2.24) is 45.5 Å². The van der Waals surface area contributed by atoms with Gasteiger partial charge in [-0.2, -0.15) is 0 Å². The van der Waals surface area contributed by atoms with Gasteiger partial charge in [0.1, 0.15) is 28.9 Å². The van der Waals surface area contributed by atoms with E-state index in [-0.39, 0.29) is 53.7 Å². The number of β-lactam (4-membered cyclic amide) rings is 1. The number of carboxylic acids is 1. The molecule has 3 aliphatic heterocycles. The Balaban J connectivity index is 1.35. The SMILES string of the molecule is CCN1CCN(C(=O)N[C@@H](C(=O)N[C@@H]2C(=O)N3C(C(=O)O)=C(CSc4nnnn4C)C[S@](=O)[C@H]23)c2ccc(O)cc2)C(=O)C1=O. The number of carbonyl (C=O) groups is 6. The van der Waals surface area contributed by atoms with Crippen LogP contribution in [0, 0.1) is 0 Å². The Morgan fingerprint density at radius 1 is 1.13 bits per heavy atom. The number of amides is 6. The number of phenols is 1. The Morgan fingerprint density at radius 2 is 1.84 bits per heavy atom. The summed E-state index contributed by atoms with van der Waals surface area (Å²) in [6, 6.07) is 1.21. The third kappa shape index (κ3) is 5.97. The first kappa shape index (κ1) is 31.6. The van der Waals surface area contributed by atoms with Crippen LogP contribution in [0.4, 0.5) is 4.79 Å². The molecule has 18 nitrogen and oxygen atoms in total. The van der Waals surface area contributed by atoms with Crippen LogP contribution >= 0.6 is 11.8 Å². The molecule has 0 aliphatic carbocycles. The van der Waals surface area contributed by atoms with Crippen LogP contribution in [0.3, 0.4) is 0 Å². The Morgan fingerprint density at radius 3 is 2.47 bits per heavy atom. The van der Waals surface area contributed by atoms with Gasteiger partial charge in [-0.3, -0.25) is 33.2 Å². The molecule has 0 bridgehead atoms. The number of thioether (sulfide) groups is 1. The molecule has 4 heterocycles. The van der Waals surface area contributed by atoms with Gasteiger partial charge in [-0.1, -0.05) is 23.9 Å². The minimum absolute atomic E-state index is 0.0395. The van der Waals surface area contributed by atoms with Crippen molar-refractivity contribution in [2.45, 2.75) is 29.5 Å². The van der Waals surface area contributed by atoms with Crippen molar-refractivity contribution in [3.05, 3.63) is 41.1 Å². The van der Waals surface area contributed by atoms with Crippen molar-refractivity contribution in [1.29, 1.82) is 0 Å². The zero-order chi connectivity index (χ0) is 32.6. The molecule has 1 aromatic heterocycles. The molecule has 0 unspecified atom stereocenters. The number of carboxylic acid groups (broad SMARTS) is 1. The summed E-state index contributed by atoms with van der Waals surface area (Å²) in [5.74, 6) is -5.43. The van der Waals surface area contributed by atoms with Crippen LogP contribution in [0.25, 0.3) is 0 Å². The maximum absolute atomic E-state index is 13.6. The number of hydrogen-bond donors (Lipinski definition) is 4. The van der Waals surface area contributed by atoms with Crippen LogP contribution in [0.2, 0.25) is 0 Å². The van der Waals surface area contributed by atoms with E-state index in [1.165, 1.54) is 33.8 Å². The number of fused-ring (bicyclic) bond motifs is 1. The van der Waals surface area contributed by atoms with E-state index in [2.05, 4.69) is 26.2 Å². The highest BCUT2D eigenvalue weighted by atomic mass is 32.2. The first-order chi connectivity index (χ1) is 21.4. The summed E-state index contributed by atoms with van der Waals surface area (Å²) in [5, 5.41) is 34.7. The minimum atomic E-state index is -1.82. The van der Waals surface area contributed by atoms with Crippen LogP contribution in [0.1, 0.15) is 18.5 Å². The zero-order valence-electron chi connectivity index (χ0n) is 23.8. The van der Waals surface area contributed by atoms with E-state index in [1.807, 2.05) is 0 Å². The van der Waals surface area contributed by atoms with Crippen molar-refractivity contribution >= 4 is 58.2 Å². The molecule has 0 spiro atoms. The lowest BCUT2D eigenvalue weighted by atomic mass is 10.0. The molecule has 4 N–H and O–H groups in total. The molecular weight excluding hydrogens is 634 g/mol. The highest BCUT2D eigenvalue weighted by Crippen LogP contribution is 2.37. The van der Waals surface area contributed by atoms with E-state index in [9.17, 15) is 43.2 Å². The van der Waals surface area contributed by atoms with Crippen LogP contribution in [-0.4, -0.2) is 128 Å². The normalized spacial score (nSPS) is 22.1. The lowest BCUT2D eigenvalue weighted by molar-refractivity contribution is -0.153. The molecule has 2 saturated heterocycles. The third-order valence-electron chi connectivity index (χ3n) is 7.35. The molecule has 6 amide bonds. The monoisotopic (exact) mass is 661 g/mol. The van der Waals surface area contributed by atoms with Crippen LogP contribution in [-0.2, 0) is 41.8 Å². The number of rotatable bonds is 9. The number of aliphatic carboxylic acids is 1. The average Bonchev–Trinajstić information content (AvgIpc) is 3.42. The molecular formula is C25H27N9O9S2. The molecule has 20 heteroatoms. The largest absolute Gasteiger partial charge is 0.508 e. The number of nitrogens with zero attached hydrogens (tertiary/aromatic N) is 7. The number of piperazine rings is 1. The Kier molecular flexibility index (Phi) is 8.87. The van der Waals surface area contributed by atoms with Crippen LogP contribution < -0.4 is 10.6 Å². The maximum atomic E-state index is 13.6. The van der Waals surface area contributed by atoms with E-state index in [0.717, 1.165) is 16.7 Å². The first-order valence-electron chi connectivity index (χ1n) is 13.4. The standard InChI is InChI=1S/C25H27N9O9S2/c1-3-32-8-9-33(21(39)20(32)38)24(42)27-15(12-4-6-14(35)7-5-12)18(36)26-16-19(37)34-17(23(40)41)13(11-45(43)22(16)34)10-44-25-28-29-30-31(25)2/h4-7,15-16,22,35H,3,8-11H2,1-2H3,(H,26,36)(H,27,42)(H,40,41)/t15-,16-,22-,45+/m1/s1. The number of carbonyl (C=O) groups excluding carboxylic acids is 5. The molecule has 3 aliphatic rings. The number of phenolic OH excluding ortho intramolecular Hbond substituents is 1. The first-order valence-corrected chi connectivity index (χ1v) is 15.8. The fourth-order valence-electron chi connectivity index (χ4n) is 5.03. The molecule has 238 valence electrons. The predicted molar refractivity (Wildman–Crippen MR) is 153 cm³/mol. The topological polar surface area (TPSA) is 237 Å². The lowest BCUT2D eigenvalue weighted by Gasteiger charge is -2.49. The maximum Gasteiger partial charge on any atom is 0.352 e. The highest BCUT2D eigenvalue weighted by molar-refractivity contribution is 7.99. The van der Waals surface area contributed by atoms with Crippen LogP contribution in [0.5, 0.6) is 5.75 Å². The number of tetrazole rings is 1. The Hall–Kier alpha value is -4.85. The predicted octanol–water partition coefficient (Wildman–Crippen LogP) is -2.10. The number of hydrogen-bond acceptors (Lipinski definition) is 12. The fraction of sp³-hybridized carbons (Fsp3) is 0.400. The molecule has 0 radical (unpaired) electrons. The van der Waals surface area contributed by atoms with E-state index in [1.54, 1.807) is 14.0 Å². The Bertz CT molecular complexity index is 1640. The molecule has 0 saturated carbocycles. The smallest absolute Gasteiger partial charge is 0.352 e. The van der Waals surface area contributed by atoms with E-state index in [0.29, 0.717) is 10.1 Å². The molecule has 45 heavy (non-hydrogen) atoms. The summed E-state index contributed by atoms with van der Waals surface area (Å²) in [5.41, 5.74) is 0.0250. The number of nitrogens with one attached hydrogen (secondary N) is 2. The van der Waals surface area contributed by atoms with Crippen molar-refractivity contribution in [3.8, 4) is 5.75 Å². The summed E-state index contributed by atoms with van der Waals surface area (Å²) >= 11 is 1.10. The number of aromatic nitrogens is 4. The fourth-order valence-corrected chi connectivity index (χ4v) is 7.71. The number of benzene rings is 1. The number of imide groups is 1. The summed E-state index contributed by atoms with van der Waals surface area (Å²) in [4.78, 5) is 79.9. The van der Waals surface area contributed by atoms with Crippen molar-refractivity contribution < 1.29 is 43.2 Å². The summed E-state index contributed by atoms with van der Waals surface area (Å²) in [6.45, 7) is 1.93. The summed E-state index contributed by atoms with van der Waals surface area (Å²) < 4.78 is 14.7. The van der Waals surface area contributed by atoms with Gasteiger partial charge in [-0.25, -0.2) is 14.3 Å². The van der Waals surface area contributed by atoms with Gasteiger partial charge in [-0.15, -0.1) is 5.10 Å². The third-order valence-corrected chi connectivity index (χ3v) is 10.1. The number of likely N-dealkylation sites (N-methyl/N-ethyl adjacent to an activating group) is 1. The number of aromatic hydroxyl groups is 1. The van der Waals surface area contributed by atoms with Gasteiger partial charge in [0.15, 0.2) is 0 Å². The summed E-state index contributed by atoms with van der Waals surface area (Å²) in [7, 11) is -0.232. The molecule has 4 atom stereocenters. The molecule has 2 aromatic rings. The van der Waals surface area contributed by atoms with Crippen molar-refractivity contribution in [2.24, 2.45) is 7.05 Å². The average molecular weight is 662 g/mol. The molecule has 2 fully saturated rings. The zero-order valence-corrected chi connectivity index (χ0v) is 25.4. The second-order valence-electron chi connectivity index (χ2n) is 10.1. The van der Waals surface area contributed by atoms with Crippen LogP contribution in [0.15, 0.2) is 40.7 Å². The van der Waals surface area contributed by atoms with Crippen molar-refractivity contribution in [3.63, 3.8) is 0 Å². The van der Waals surface area contributed by atoms with Gasteiger partial charge >= 0.3 is 23.8 Å². The van der Waals surface area contributed by atoms with Gasteiger partial charge in [0.25, 0.3) is 5.91 Å². The van der Waals surface area contributed by atoms with E-state index in [4.69, 9.17) is 0 Å². The van der Waals surface area contributed by atoms with Crippen molar-refractivity contribution in [2.75, 3.05) is 31.1 Å².